The summed E-state index contributed by atoms with van der Waals surface area (Å²) in [6.07, 6.45) is 0. The molecule has 27 heavy (non-hydrogen) atoms. The van der Waals surface area contributed by atoms with Gasteiger partial charge in [0.05, 0.1) is 22.8 Å². The normalized spacial score (nSPS) is 10.9. The minimum atomic E-state index is -0.141. The average molecular weight is 395 g/mol. The number of benzene rings is 1. The van der Waals surface area contributed by atoms with Crippen LogP contribution in [-0.2, 0) is 13.6 Å². The van der Waals surface area contributed by atoms with E-state index in [9.17, 15) is 4.79 Å². The van der Waals surface area contributed by atoms with Gasteiger partial charge in [0.2, 0.25) is 0 Å². The van der Waals surface area contributed by atoms with Crippen molar-refractivity contribution in [3.63, 3.8) is 0 Å². The highest BCUT2D eigenvalue weighted by atomic mass is 32.1. The Morgan fingerprint density at radius 3 is 2.74 bits per heavy atom. The van der Waals surface area contributed by atoms with Crippen molar-refractivity contribution in [1.29, 1.82) is 0 Å². The van der Waals surface area contributed by atoms with Crippen molar-refractivity contribution in [1.82, 2.24) is 20.1 Å². The summed E-state index contributed by atoms with van der Waals surface area (Å²) in [5.74, 6) is -0.141. The van der Waals surface area contributed by atoms with Gasteiger partial charge in [0, 0.05) is 17.5 Å². The van der Waals surface area contributed by atoms with E-state index in [2.05, 4.69) is 21.5 Å². The van der Waals surface area contributed by atoms with E-state index in [0.29, 0.717) is 12.2 Å². The third-order valence-electron chi connectivity index (χ3n) is 4.22. The first-order valence-corrected chi connectivity index (χ1v) is 10.2. The zero-order valence-electron chi connectivity index (χ0n) is 15.0. The van der Waals surface area contributed by atoms with E-state index in [1.807, 2.05) is 54.8 Å². The van der Waals surface area contributed by atoms with E-state index in [0.717, 1.165) is 31.7 Å². The molecule has 0 unspecified atom stereocenters. The number of thiophene rings is 1. The van der Waals surface area contributed by atoms with Crippen molar-refractivity contribution in [2.75, 3.05) is 0 Å². The molecule has 0 fully saturated rings. The van der Waals surface area contributed by atoms with Gasteiger partial charge in [0.15, 0.2) is 0 Å². The summed E-state index contributed by atoms with van der Waals surface area (Å²) >= 11 is 3.29. The maximum absolute atomic E-state index is 12.6. The van der Waals surface area contributed by atoms with Crippen LogP contribution in [0.3, 0.4) is 0 Å². The number of aromatic nitrogens is 3. The van der Waals surface area contributed by atoms with Crippen LogP contribution >= 0.6 is 22.7 Å². The standard InChI is InChI=1S/C20H18N4OS2/c1-13-18(27-20(22-13)17-9-6-10-26-17)12-21-19(25)16-11-15(23-24(16)2)14-7-4-3-5-8-14/h3-11H,12H2,1-2H3,(H,21,25). The van der Waals surface area contributed by atoms with Gasteiger partial charge < -0.3 is 5.32 Å². The van der Waals surface area contributed by atoms with Crippen LogP contribution in [0.4, 0.5) is 0 Å². The van der Waals surface area contributed by atoms with Crippen LogP contribution in [-0.4, -0.2) is 20.7 Å². The van der Waals surface area contributed by atoms with Crippen molar-refractivity contribution < 1.29 is 4.79 Å². The molecule has 1 N–H and O–H groups in total. The number of carbonyl (C=O) groups excluding carboxylic acids is 1. The maximum atomic E-state index is 12.6. The lowest BCUT2D eigenvalue weighted by atomic mass is 10.1. The second-order valence-electron chi connectivity index (χ2n) is 6.09. The molecule has 136 valence electrons. The molecule has 1 amide bonds. The summed E-state index contributed by atoms with van der Waals surface area (Å²) in [6.45, 7) is 2.44. The highest BCUT2D eigenvalue weighted by Crippen LogP contribution is 2.31. The molecule has 0 aliphatic heterocycles. The van der Waals surface area contributed by atoms with E-state index in [4.69, 9.17) is 0 Å². The van der Waals surface area contributed by atoms with Gasteiger partial charge in [0.1, 0.15) is 10.7 Å². The van der Waals surface area contributed by atoms with Crippen molar-refractivity contribution >= 4 is 28.6 Å². The highest BCUT2D eigenvalue weighted by molar-refractivity contribution is 7.21. The minimum Gasteiger partial charge on any atom is -0.346 e. The number of rotatable bonds is 5. The lowest BCUT2D eigenvalue weighted by Gasteiger charge is -2.04. The summed E-state index contributed by atoms with van der Waals surface area (Å²) in [5.41, 5.74) is 3.27. The predicted octanol–water partition coefficient (Wildman–Crippen LogP) is 4.51. The average Bonchev–Trinajstić information content (AvgIpc) is 3.40. The molecule has 0 atom stereocenters. The topological polar surface area (TPSA) is 59.8 Å². The summed E-state index contributed by atoms with van der Waals surface area (Å²) < 4.78 is 1.62. The molecule has 3 heterocycles. The number of aryl methyl sites for hydroxylation is 2. The van der Waals surface area contributed by atoms with E-state index < -0.39 is 0 Å². The first-order chi connectivity index (χ1) is 13.1. The molecule has 0 radical (unpaired) electrons. The zero-order valence-corrected chi connectivity index (χ0v) is 16.6. The van der Waals surface area contributed by atoms with Crippen molar-refractivity contribution in [2.45, 2.75) is 13.5 Å². The highest BCUT2D eigenvalue weighted by Gasteiger charge is 2.16. The third kappa shape index (κ3) is 3.70. The van der Waals surface area contributed by atoms with Crippen LogP contribution in [0, 0.1) is 6.92 Å². The van der Waals surface area contributed by atoms with Crippen LogP contribution in [0.1, 0.15) is 21.1 Å². The first-order valence-electron chi connectivity index (χ1n) is 8.49. The third-order valence-corrected chi connectivity index (χ3v) is 6.41. The number of amides is 1. The van der Waals surface area contributed by atoms with Crippen LogP contribution in [0.15, 0.2) is 53.9 Å². The summed E-state index contributed by atoms with van der Waals surface area (Å²) in [7, 11) is 1.79. The maximum Gasteiger partial charge on any atom is 0.269 e. The molecular weight excluding hydrogens is 376 g/mol. The fourth-order valence-corrected chi connectivity index (χ4v) is 4.58. The molecule has 0 saturated carbocycles. The Labute approximate surface area is 165 Å². The van der Waals surface area contributed by atoms with Gasteiger partial charge in [-0.15, -0.1) is 22.7 Å². The molecule has 0 bridgehead atoms. The molecule has 1 aromatic carbocycles. The fraction of sp³-hybridized carbons (Fsp3) is 0.150. The molecular formula is C20H18N4OS2. The predicted molar refractivity (Wildman–Crippen MR) is 110 cm³/mol. The largest absolute Gasteiger partial charge is 0.346 e. The number of nitrogens with one attached hydrogen (secondary N) is 1. The van der Waals surface area contributed by atoms with E-state index in [-0.39, 0.29) is 5.91 Å². The van der Waals surface area contributed by atoms with Crippen molar-refractivity contribution in [2.24, 2.45) is 7.05 Å². The van der Waals surface area contributed by atoms with Gasteiger partial charge in [-0.05, 0) is 24.4 Å². The number of carbonyl (C=O) groups is 1. The Morgan fingerprint density at radius 2 is 2.00 bits per heavy atom. The molecule has 3 aromatic heterocycles. The van der Waals surface area contributed by atoms with Crippen molar-refractivity contribution in [3.8, 4) is 21.1 Å². The Kier molecular flexibility index (Phi) is 4.87. The summed E-state index contributed by atoms with van der Waals surface area (Å²) in [5, 5.41) is 10.5. The summed E-state index contributed by atoms with van der Waals surface area (Å²) in [6, 6.07) is 15.7. The van der Waals surface area contributed by atoms with Gasteiger partial charge in [-0.1, -0.05) is 36.4 Å². The second-order valence-corrected chi connectivity index (χ2v) is 8.12. The lowest BCUT2D eigenvalue weighted by molar-refractivity contribution is 0.0942. The van der Waals surface area contributed by atoms with E-state index >= 15 is 0 Å². The van der Waals surface area contributed by atoms with Gasteiger partial charge >= 0.3 is 0 Å². The first kappa shape index (κ1) is 17.6. The Bertz CT molecular complexity index is 1070. The fourth-order valence-electron chi connectivity index (χ4n) is 2.78. The second kappa shape index (κ2) is 7.46. The van der Waals surface area contributed by atoms with Crippen LogP contribution < -0.4 is 5.32 Å². The molecule has 4 aromatic rings. The molecule has 0 aliphatic carbocycles. The SMILES string of the molecule is Cc1nc(-c2cccs2)sc1CNC(=O)c1cc(-c2ccccc2)nn1C. The van der Waals surface area contributed by atoms with Gasteiger partial charge in [-0.25, -0.2) is 4.98 Å². The molecule has 0 aliphatic rings. The zero-order chi connectivity index (χ0) is 18.8. The van der Waals surface area contributed by atoms with Crippen molar-refractivity contribution in [3.05, 3.63) is 70.2 Å². The van der Waals surface area contributed by atoms with Gasteiger partial charge in [0.25, 0.3) is 5.91 Å². The number of hydrogen-bond donors (Lipinski definition) is 1. The molecule has 0 saturated heterocycles. The molecule has 0 spiro atoms. The Balaban J connectivity index is 1.48. The van der Waals surface area contributed by atoms with Crippen LogP contribution in [0.25, 0.3) is 21.1 Å². The number of nitrogens with zero attached hydrogens (tertiary/aromatic N) is 3. The Morgan fingerprint density at radius 1 is 1.19 bits per heavy atom. The smallest absolute Gasteiger partial charge is 0.269 e. The lowest BCUT2D eigenvalue weighted by Crippen LogP contribution is -2.25. The number of hydrogen-bond acceptors (Lipinski definition) is 5. The van der Waals surface area contributed by atoms with Crippen LogP contribution in [0.2, 0.25) is 0 Å². The number of thiazole rings is 1. The van der Waals surface area contributed by atoms with E-state index in [1.54, 1.807) is 34.4 Å². The molecule has 7 heteroatoms. The van der Waals surface area contributed by atoms with Crippen LogP contribution in [0.5, 0.6) is 0 Å². The van der Waals surface area contributed by atoms with Gasteiger partial charge in [-0.3, -0.25) is 9.48 Å². The Hall–Kier alpha value is -2.77. The van der Waals surface area contributed by atoms with E-state index in [1.165, 1.54) is 0 Å². The summed E-state index contributed by atoms with van der Waals surface area (Å²) in [4.78, 5) is 19.5. The monoisotopic (exact) mass is 394 g/mol. The minimum absolute atomic E-state index is 0.141. The van der Waals surface area contributed by atoms with Gasteiger partial charge in [-0.2, -0.15) is 5.10 Å². The molecule has 5 nitrogen and oxygen atoms in total. The quantitative estimate of drug-likeness (QED) is 0.542. The molecule has 4 rings (SSSR count).